The summed E-state index contributed by atoms with van der Waals surface area (Å²) in [7, 11) is 4.07. The number of hydrogen-bond donors (Lipinski definition) is 0. The molecule has 3 unspecified atom stereocenters. The summed E-state index contributed by atoms with van der Waals surface area (Å²) in [5, 5.41) is 3.07. The maximum absolute atomic E-state index is 6.52. The maximum Gasteiger partial charge on any atom is 0.236 e. The van der Waals surface area contributed by atoms with Crippen LogP contribution < -0.4 is 10.2 Å². The quantitative estimate of drug-likeness (QED) is 0.701. The van der Waals surface area contributed by atoms with Crippen LogP contribution in [0.15, 0.2) is 40.7 Å². The number of morpholine rings is 1. The van der Waals surface area contributed by atoms with E-state index in [1.165, 1.54) is 0 Å². The van der Waals surface area contributed by atoms with Crippen molar-refractivity contribution in [3.05, 3.63) is 40.6 Å². The van der Waals surface area contributed by atoms with E-state index < -0.39 is 6.42 Å². The summed E-state index contributed by atoms with van der Waals surface area (Å²) >= 11 is 7.89. The largest absolute Gasteiger partial charge is 0.430 e. The molecule has 0 amide bonds. The zero-order valence-electron chi connectivity index (χ0n) is 16.0. The van der Waals surface area contributed by atoms with Crippen molar-refractivity contribution in [3.63, 3.8) is 0 Å². The molecule has 144 valence electrons. The second-order valence-electron chi connectivity index (χ2n) is 7.20. The van der Waals surface area contributed by atoms with Gasteiger partial charge in [0.15, 0.2) is 0 Å². The standard InChI is InChI=1S/C19H24N3O2PS2/c1-13-11-22(12-14(2)23-13)25(26)17-8-7-15(21(3)4)10-16(17)20-19(24-25)18-6-5-9-27-18/h5-10,13-14H,11-12H2,1-4H3. The van der Waals surface area contributed by atoms with Crippen molar-refractivity contribution in [1.82, 2.24) is 4.67 Å². The Bertz CT molecular complexity index is 904. The Morgan fingerprint density at radius 3 is 2.59 bits per heavy atom. The summed E-state index contributed by atoms with van der Waals surface area (Å²) in [4.78, 5) is 7.94. The Kier molecular flexibility index (Phi) is 5.16. The third-order valence-electron chi connectivity index (χ3n) is 4.72. The predicted molar refractivity (Wildman–Crippen MR) is 118 cm³/mol. The van der Waals surface area contributed by atoms with E-state index in [0.29, 0.717) is 5.90 Å². The SMILES string of the molecule is CC1CN(P2(=S)OC(c3cccs3)=Nc3cc(N(C)C)ccc32)CC(C)O1. The zero-order valence-corrected chi connectivity index (χ0v) is 18.5. The number of hydrogen-bond acceptors (Lipinski definition) is 6. The fraction of sp³-hybridized carbons (Fsp3) is 0.421. The lowest BCUT2D eigenvalue weighted by molar-refractivity contribution is -0.0446. The van der Waals surface area contributed by atoms with Crippen LogP contribution in [0.5, 0.6) is 0 Å². The van der Waals surface area contributed by atoms with E-state index >= 15 is 0 Å². The van der Waals surface area contributed by atoms with Crippen LogP contribution in [0, 0.1) is 0 Å². The number of ether oxygens (including phenoxy) is 1. The van der Waals surface area contributed by atoms with E-state index in [1.807, 2.05) is 31.6 Å². The summed E-state index contributed by atoms with van der Waals surface area (Å²) < 4.78 is 14.8. The minimum absolute atomic E-state index is 0.130. The molecule has 2 aliphatic heterocycles. The van der Waals surface area contributed by atoms with Gasteiger partial charge in [0.2, 0.25) is 12.3 Å². The lowest BCUT2D eigenvalue weighted by Gasteiger charge is -2.43. The summed E-state index contributed by atoms with van der Waals surface area (Å²) in [6.07, 6.45) is -2.20. The molecule has 0 aliphatic carbocycles. The van der Waals surface area contributed by atoms with E-state index in [2.05, 4.69) is 41.6 Å². The van der Waals surface area contributed by atoms with Crippen LogP contribution in [0.4, 0.5) is 11.4 Å². The van der Waals surface area contributed by atoms with Gasteiger partial charge >= 0.3 is 0 Å². The third kappa shape index (κ3) is 3.59. The number of aliphatic imine (C=N–C) groups is 1. The highest BCUT2D eigenvalue weighted by molar-refractivity contribution is 8.15. The van der Waals surface area contributed by atoms with Crippen LogP contribution in [0.2, 0.25) is 0 Å². The fourth-order valence-corrected chi connectivity index (χ4v) is 7.73. The van der Waals surface area contributed by atoms with Crippen LogP contribution in [0.25, 0.3) is 0 Å². The molecule has 8 heteroatoms. The lowest BCUT2D eigenvalue weighted by Crippen LogP contribution is -2.46. The molecule has 0 radical (unpaired) electrons. The molecule has 1 saturated heterocycles. The molecule has 3 atom stereocenters. The van der Waals surface area contributed by atoms with E-state index in [1.54, 1.807) is 11.3 Å². The van der Waals surface area contributed by atoms with Crippen molar-refractivity contribution in [1.29, 1.82) is 0 Å². The van der Waals surface area contributed by atoms with Gasteiger partial charge < -0.3 is 14.2 Å². The second kappa shape index (κ2) is 7.30. The van der Waals surface area contributed by atoms with Crippen molar-refractivity contribution in [2.24, 2.45) is 4.99 Å². The summed E-state index contributed by atoms with van der Waals surface area (Å²) in [5.41, 5.74) is 2.03. The molecule has 4 rings (SSSR count). The van der Waals surface area contributed by atoms with E-state index in [-0.39, 0.29) is 12.2 Å². The molecule has 0 saturated carbocycles. The summed E-state index contributed by atoms with van der Waals surface area (Å²) in [6, 6.07) is 10.4. The molecule has 0 N–H and O–H groups in total. The van der Waals surface area contributed by atoms with Crippen molar-refractivity contribution < 1.29 is 9.26 Å². The van der Waals surface area contributed by atoms with Crippen molar-refractivity contribution >= 4 is 52.1 Å². The second-order valence-corrected chi connectivity index (χ2v) is 11.9. The highest BCUT2D eigenvalue weighted by atomic mass is 32.4. The fourth-order valence-electron chi connectivity index (χ4n) is 3.49. The predicted octanol–water partition coefficient (Wildman–Crippen LogP) is 3.97. The van der Waals surface area contributed by atoms with E-state index in [4.69, 9.17) is 26.1 Å². The van der Waals surface area contributed by atoms with Gasteiger partial charge in [-0.1, -0.05) is 6.07 Å². The molecule has 1 aromatic heterocycles. The Morgan fingerprint density at radius 1 is 1.22 bits per heavy atom. The molecule has 5 nitrogen and oxygen atoms in total. The molecule has 1 aromatic carbocycles. The van der Waals surface area contributed by atoms with Gasteiger partial charge in [-0.2, -0.15) is 0 Å². The Labute approximate surface area is 169 Å². The van der Waals surface area contributed by atoms with Crippen molar-refractivity contribution in [2.75, 3.05) is 32.1 Å². The first-order valence-corrected chi connectivity index (χ1v) is 12.6. The van der Waals surface area contributed by atoms with Gasteiger partial charge in [-0.3, -0.25) is 0 Å². The smallest absolute Gasteiger partial charge is 0.236 e. The number of nitrogens with zero attached hydrogens (tertiary/aromatic N) is 3. The molecule has 2 aliphatic rings. The van der Waals surface area contributed by atoms with Gasteiger partial charge in [0.05, 0.1) is 28.1 Å². The molecular formula is C19H24N3O2PS2. The van der Waals surface area contributed by atoms with Crippen LogP contribution in [-0.2, 0) is 21.1 Å². The molecule has 0 spiro atoms. The molecule has 2 aromatic rings. The first-order chi connectivity index (χ1) is 12.9. The Balaban J connectivity index is 1.83. The van der Waals surface area contributed by atoms with Crippen LogP contribution in [-0.4, -0.2) is 50.0 Å². The molecular weight excluding hydrogens is 397 g/mol. The van der Waals surface area contributed by atoms with Gasteiger partial charge in [0, 0.05) is 32.9 Å². The van der Waals surface area contributed by atoms with Gasteiger partial charge in [-0.15, -0.1) is 11.3 Å². The number of fused-ring (bicyclic) bond motifs is 1. The first-order valence-electron chi connectivity index (χ1n) is 9.02. The van der Waals surface area contributed by atoms with Crippen LogP contribution >= 0.6 is 17.8 Å². The number of anilines is 1. The first kappa shape index (κ1) is 19.1. The Morgan fingerprint density at radius 2 is 1.96 bits per heavy atom. The zero-order chi connectivity index (χ0) is 19.2. The van der Waals surface area contributed by atoms with Crippen LogP contribution in [0.3, 0.4) is 0 Å². The highest BCUT2D eigenvalue weighted by Crippen LogP contribution is 2.56. The summed E-state index contributed by atoms with van der Waals surface area (Å²) in [5.74, 6) is 0.642. The summed E-state index contributed by atoms with van der Waals surface area (Å²) in [6.45, 7) is 5.74. The average molecular weight is 422 g/mol. The number of thiophene rings is 1. The minimum atomic E-state index is -2.46. The maximum atomic E-state index is 6.52. The Hall–Kier alpha value is -1.24. The lowest BCUT2D eigenvalue weighted by atomic mass is 10.2. The molecule has 0 bridgehead atoms. The molecule has 27 heavy (non-hydrogen) atoms. The van der Waals surface area contributed by atoms with Gasteiger partial charge in [0.25, 0.3) is 0 Å². The van der Waals surface area contributed by atoms with Gasteiger partial charge in [0.1, 0.15) is 0 Å². The van der Waals surface area contributed by atoms with Crippen LogP contribution in [0.1, 0.15) is 18.7 Å². The topological polar surface area (TPSA) is 37.3 Å². The molecule has 1 fully saturated rings. The average Bonchev–Trinajstić information content (AvgIpc) is 3.15. The van der Waals surface area contributed by atoms with Crippen molar-refractivity contribution in [2.45, 2.75) is 26.1 Å². The van der Waals surface area contributed by atoms with Crippen molar-refractivity contribution in [3.8, 4) is 0 Å². The normalized spacial score (nSPS) is 28.2. The third-order valence-corrected chi connectivity index (χ3v) is 9.56. The number of rotatable bonds is 3. The van der Waals surface area contributed by atoms with E-state index in [9.17, 15) is 0 Å². The van der Waals surface area contributed by atoms with Gasteiger partial charge in [-0.05, 0) is 55.3 Å². The highest BCUT2D eigenvalue weighted by Gasteiger charge is 2.40. The molecule has 3 heterocycles. The minimum Gasteiger partial charge on any atom is -0.430 e. The van der Waals surface area contributed by atoms with Gasteiger partial charge in [-0.25, -0.2) is 9.66 Å². The van der Waals surface area contributed by atoms with E-state index in [0.717, 1.165) is 34.6 Å². The number of benzene rings is 1. The monoisotopic (exact) mass is 421 g/mol.